The second kappa shape index (κ2) is 6.48. The number of rotatable bonds is 5. The number of hydrogen-bond acceptors (Lipinski definition) is 4. The van der Waals surface area contributed by atoms with E-state index in [1.54, 1.807) is 36.2 Å². The molecule has 6 nitrogen and oxygen atoms in total. The van der Waals surface area contributed by atoms with Crippen LogP contribution in [0.2, 0.25) is 0 Å². The first-order valence-electron chi connectivity index (χ1n) is 5.53. The topological polar surface area (TPSA) is 88.2 Å². The first-order chi connectivity index (χ1) is 8.58. The quantitative estimate of drug-likeness (QED) is 0.348. The number of amides is 1. The van der Waals surface area contributed by atoms with Crippen LogP contribution < -0.4 is 10.5 Å². The second-order valence-electron chi connectivity index (χ2n) is 3.71. The van der Waals surface area contributed by atoms with E-state index in [0.717, 1.165) is 0 Å². The maximum Gasteiger partial charge on any atom is 0.260 e. The third-order valence-electron chi connectivity index (χ3n) is 2.52. The number of ether oxygens (including phenoxy) is 1. The molecule has 0 saturated carbocycles. The molecule has 0 bridgehead atoms. The number of benzene rings is 1. The first kappa shape index (κ1) is 13.8. The largest absolute Gasteiger partial charge is 0.484 e. The van der Waals surface area contributed by atoms with Crippen LogP contribution in [0.4, 0.5) is 0 Å². The molecule has 0 heterocycles. The van der Waals surface area contributed by atoms with Crippen LogP contribution in [-0.2, 0) is 4.79 Å². The van der Waals surface area contributed by atoms with Crippen LogP contribution in [0.25, 0.3) is 0 Å². The molecule has 1 aromatic rings. The van der Waals surface area contributed by atoms with E-state index in [-0.39, 0.29) is 18.3 Å². The van der Waals surface area contributed by atoms with Crippen molar-refractivity contribution in [1.82, 2.24) is 4.90 Å². The SMILES string of the molecule is CCN(C)C(=O)COc1ccc(/C(N)=N/O)cc1. The number of amidine groups is 1. The van der Waals surface area contributed by atoms with E-state index in [9.17, 15) is 4.79 Å². The van der Waals surface area contributed by atoms with E-state index in [2.05, 4.69) is 5.16 Å². The molecule has 0 aromatic heterocycles. The second-order valence-corrected chi connectivity index (χ2v) is 3.71. The van der Waals surface area contributed by atoms with Crippen molar-refractivity contribution in [3.05, 3.63) is 29.8 Å². The summed E-state index contributed by atoms with van der Waals surface area (Å²) in [6.45, 7) is 2.53. The monoisotopic (exact) mass is 251 g/mol. The van der Waals surface area contributed by atoms with Gasteiger partial charge in [-0.15, -0.1) is 0 Å². The van der Waals surface area contributed by atoms with Gasteiger partial charge in [0.15, 0.2) is 12.4 Å². The smallest absolute Gasteiger partial charge is 0.260 e. The third kappa shape index (κ3) is 3.65. The van der Waals surface area contributed by atoms with Crippen LogP contribution >= 0.6 is 0 Å². The maximum atomic E-state index is 11.5. The highest BCUT2D eigenvalue weighted by Crippen LogP contribution is 2.12. The van der Waals surface area contributed by atoms with Crippen molar-refractivity contribution in [3.63, 3.8) is 0 Å². The summed E-state index contributed by atoms with van der Waals surface area (Å²) in [5.74, 6) is 0.503. The Morgan fingerprint density at radius 2 is 2.06 bits per heavy atom. The minimum absolute atomic E-state index is 0.00669. The van der Waals surface area contributed by atoms with E-state index in [1.807, 2.05) is 6.92 Å². The zero-order valence-corrected chi connectivity index (χ0v) is 10.5. The predicted octanol–water partition coefficient (Wildman–Crippen LogP) is 0.638. The van der Waals surface area contributed by atoms with Gasteiger partial charge < -0.3 is 20.6 Å². The van der Waals surface area contributed by atoms with Crippen molar-refractivity contribution < 1.29 is 14.7 Å². The molecule has 18 heavy (non-hydrogen) atoms. The lowest BCUT2D eigenvalue weighted by atomic mass is 10.2. The predicted molar refractivity (Wildman–Crippen MR) is 67.8 cm³/mol. The van der Waals surface area contributed by atoms with Crippen LogP contribution in [0.15, 0.2) is 29.4 Å². The summed E-state index contributed by atoms with van der Waals surface area (Å²) in [6, 6.07) is 6.62. The van der Waals surface area contributed by atoms with Gasteiger partial charge in [-0.05, 0) is 31.2 Å². The third-order valence-corrected chi connectivity index (χ3v) is 2.52. The number of carbonyl (C=O) groups excluding carboxylic acids is 1. The van der Waals surface area contributed by atoms with E-state index in [4.69, 9.17) is 15.7 Å². The molecule has 0 radical (unpaired) electrons. The fraction of sp³-hybridized carbons (Fsp3) is 0.333. The van der Waals surface area contributed by atoms with Gasteiger partial charge in [-0.3, -0.25) is 4.79 Å². The zero-order valence-electron chi connectivity index (χ0n) is 10.5. The summed E-state index contributed by atoms with van der Waals surface area (Å²) >= 11 is 0. The number of likely N-dealkylation sites (N-methyl/N-ethyl adjacent to an activating group) is 1. The molecule has 1 amide bonds. The summed E-state index contributed by atoms with van der Waals surface area (Å²) in [5.41, 5.74) is 6.01. The van der Waals surface area contributed by atoms with Gasteiger partial charge >= 0.3 is 0 Å². The summed E-state index contributed by atoms with van der Waals surface area (Å²) in [5, 5.41) is 11.4. The van der Waals surface area contributed by atoms with Crippen LogP contribution in [0.3, 0.4) is 0 Å². The lowest BCUT2D eigenvalue weighted by Gasteiger charge is -2.14. The summed E-state index contributed by atoms with van der Waals surface area (Å²) in [4.78, 5) is 13.1. The van der Waals surface area contributed by atoms with Crippen LogP contribution in [-0.4, -0.2) is 42.0 Å². The van der Waals surface area contributed by atoms with Gasteiger partial charge in [0.05, 0.1) is 0 Å². The van der Waals surface area contributed by atoms with Crippen molar-refractivity contribution in [2.75, 3.05) is 20.2 Å². The first-order valence-corrected chi connectivity index (χ1v) is 5.53. The van der Waals surface area contributed by atoms with Crippen LogP contribution in [0.1, 0.15) is 12.5 Å². The van der Waals surface area contributed by atoms with Gasteiger partial charge in [-0.25, -0.2) is 0 Å². The molecular weight excluding hydrogens is 234 g/mol. The molecule has 0 spiro atoms. The molecule has 0 atom stereocenters. The van der Waals surface area contributed by atoms with E-state index in [1.165, 1.54) is 0 Å². The van der Waals surface area contributed by atoms with Crippen LogP contribution in [0, 0.1) is 0 Å². The fourth-order valence-corrected chi connectivity index (χ4v) is 1.21. The average molecular weight is 251 g/mol. The highest BCUT2D eigenvalue weighted by Gasteiger charge is 2.07. The number of oxime groups is 1. The molecule has 0 aliphatic rings. The molecule has 0 saturated heterocycles. The zero-order chi connectivity index (χ0) is 13.5. The highest BCUT2D eigenvalue weighted by atomic mass is 16.5. The van der Waals surface area contributed by atoms with Gasteiger partial charge in [0.2, 0.25) is 0 Å². The molecule has 1 rings (SSSR count). The Kier molecular flexibility index (Phi) is 4.98. The Morgan fingerprint density at radius 1 is 1.44 bits per heavy atom. The van der Waals surface area contributed by atoms with Gasteiger partial charge in [0.25, 0.3) is 5.91 Å². The maximum absolute atomic E-state index is 11.5. The molecule has 0 aliphatic heterocycles. The molecule has 6 heteroatoms. The van der Waals surface area contributed by atoms with Gasteiger partial charge in [-0.1, -0.05) is 5.16 Å². The molecule has 3 N–H and O–H groups in total. The van der Waals surface area contributed by atoms with Gasteiger partial charge in [0, 0.05) is 19.2 Å². The van der Waals surface area contributed by atoms with Gasteiger partial charge in [0.1, 0.15) is 5.75 Å². The van der Waals surface area contributed by atoms with Gasteiger partial charge in [-0.2, -0.15) is 0 Å². The number of nitrogens with zero attached hydrogens (tertiary/aromatic N) is 2. The van der Waals surface area contributed by atoms with Crippen molar-refractivity contribution in [2.24, 2.45) is 10.9 Å². The lowest BCUT2D eigenvalue weighted by Crippen LogP contribution is -2.31. The Bertz CT molecular complexity index is 429. The summed E-state index contributed by atoms with van der Waals surface area (Å²) < 4.78 is 5.32. The Morgan fingerprint density at radius 3 is 2.56 bits per heavy atom. The standard InChI is InChI=1S/C12H17N3O3/c1-3-15(2)11(16)8-18-10-6-4-9(5-7-10)12(13)14-17/h4-7,17H,3,8H2,1-2H3,(H2,13,14). The summed E-state index contributed by atoms with van der Waals surface area (Å²) in [7, 11) is 1.72. The summed E-state index contributed by atoms with van der Waals surface area (Å²) in [6.07, 6.45) is 0. The minimum Gasteiger partial charge on any atom is -0.484 e. The molecule has 1 aromatic carbocycles. The Balaban J connectivity index is 2.57. The highest BCUT2D eigenvalue weighted by molar-refractivity contribution is 5.97. The normalized spacial score (nSPS) is 11.1. The van der Waals surface area contributed by atoms with E-state index in [0.29, 0.717) is 17.9 Å². The molecular formula is C12H17N3O3. The number of carbonyl (C=O) groups is 1. The fourth-order valence-electron chi connectivity index (χ4n) is 1.21. The van der Waals surface area contributed by atoms with Crippen molar-refractivity contribution in [2.45, 2.75) is 6.92 Å². The molecule has 0 fully saturated rings. The lowest BCUT2D eigenvalue weighted by molar-refractivity contribution is -0.131. The van der Waals surface area contributed by atoms with Crippen molar-refractivity contribution in [3.8, 4) is 5.75 Å². The Labute approximate surface area is 106 Å². The number of nitrogens with two attached hydrogens (primary N) is 1. The van der Waals surface area contributed by atoms with Crippen LogP contribution in [0.5, 0.6) is 5.75 Å². The minimum atomic E-state index is -0.0852. The van der Waals surface area contributed by atoms with Crippen molar-refractivity contribution >= 4 is 11.7 Å². The average Bonchev–Trinajstić information content (AvgIpc) is 2.43. The van der Waals surface area contributed by atoms with E-state index >= 15 is 0 Å². The molecule has 0 unspecified atom stereocenters. The van der Waals surface area contributed by atoms with E-state index < -0.39 is 0 Å². The van der Waals surface area contributed by atoms with Crippen molar-refractivity contribution in [1.29, 1.82) is 0 Å². The molecule has 0 aliphatic carbocycles. The Hall–Kier alpha value is -2.24. The molecule has 98 valence electrons. The number of hydrogen-bond donors (Lipinski definition) is 2.